The van der Waals surface area contributed by atoms with Crippen LogP contribution in [0.2, 0.25) is 0 Å². The number of carbonyl (C=O) groups excluding carboxylic acids is 1. The van der Waals surface area contributed by atoms with Gasteiger partial charge in [0, 0.05) is 10.9 Å². The quantitative estimate of drug-likeness (QED) is 0.564. The van der Waals surface area contributed by atoms with Crippen molar-refractivity contribution in [2.75, 3.05) is 0 Å². The van der Waals surface area contributed by atoms with Gasteiger partial charge in [-0.15, -0.1) is 11.3 Å². The summed E-state index contributed by atoms with van der Waals surface area (Å²) >= 11 is 1.55. The van der Waals surface area contributed by atoms with E-state index in [4.69, 9.17) is 0 Å². The SMILES string of the molecule is O=C(Cn1cnc2cc(F)ccc2c1=O)NC(c1ccccc1)c1cccs1. The lowest BCUT2D eigenvalue weighted by Gasteiger charge is -2.18. The van der Waals surface area contributed by atoms with Crippen LogP contribution in [0.1, 0.15) is 16.5 Å². The van der Waals surface area contributed by atoms with Crippen molar-refractivity contribution in [3.63, 3.8) is 0 Å². The fourth-order valence-corrected chi connectivity index (χ4v) is 3.83. The average molecular weight is 393 g/mol. The normalized spacial score (nSPS) is 12.0. The Hall–Kier alpha value is -3.32. The van der Waals surface area contributed by atoms with Gasteiger partial charge in [-0.1, -0.05) is 36.4 Å². The second-order valence-electron chi connectivity index (χ2n) is 6.27. The zero-order valence-electron chi connectivity index (χ0n) is 14.7. The number of nitrogens with zero attached hydrogens (tertiary/aromatic N) is 2. The van der Waals surface area contributed by atoms with Gasteiger partial charge >= 0.3 is 0 Å². The second-order valence-corrected chi connectivity index (χ2v) is 7.24. The predicted molar refractivity (Wildman–Crippen MR) is 107 cm³/mol. The van der Waals surface area contributed by atoms with Crippen molar-refractivity contribution >= 4 is 28.1 Å². The summed E-state index contributed by atoms with van der Waals surface area (Å²) in [6.07, 6.45) is 1.27. The molecule has 28 heavy (non-hydrogen) atoms. The van der Waals surface area contributed by atoms with Gasteiger partial charge < -0.3 is 5.32 Å². The Bertz CT molecular complexity index is 1170. The Morgan fingerprint density at radius 3 is 2.71 bits per heavy atom. The first kappa shape index (κ1) is 18.1. The third-order valence-electron chi connectivity index (χ3n) is 4.37. The Morgan fingerprint density at radius 1 is 1.14 bits per heavy atom. The minimum atomic E-state index is -0.462. The minimum Gasteiger partial charge on any atom is -0.343 e. The van der Waals surface area contributed by atoms with Crippen molar-refractivity contribution in [1.29, 1.82) is 0 Å². The van der Waals surface area contributed by atoms with Crippen LogP contribution in [0.3, 0.4) is 0 Å². The molecule has 0 fully saturated rings. The molecule has 0 aliphatic rings. The highest BCUT2D eigenvalue weighted by Gasteiger charge is 2.18. The molecule has 140 valence electrons. The van der Waals surface area contributed by atoms with E-state index < -0.39 is 5.82 Å². The molecule has 0 aliphatic heterocycles. The smallest absolute Gasteiger partial charge is 0.261 e. The third-order valence-corrected chi connectivity index (χ3v) is 5.30. The van der Waals surface area contributed by atoms with Gasteiger partial charge in [0.05, 0.1) is 23.3 Å². The molecule has 0 saturated carbocycles. The van der Waals surface area contributed by atoms with E-state index in [1.165, 1.54) is 29.1 Å². The van der Waals surface area contributed by atoms with Crippen LogP contribution >= 0.6 is 11.3 Å². The van der Waals surface area contributed by atoms with Crippen molar-refractivity contribution in [3.05, 3.63) is 99.0 Å². The van der Waals surface area contributed by atoms with Gasteiger partial charge in [-0.05, 0) is 29.1 Å². The van der Waals surface area contributed by atoms with Gasteiger partial charge in [0.15, 0.2) is 0 Å². The molecule has 7 heteroatoms. The molecule has 4 rings (SSSR count). The molecule has 0 saturated heterocycles. The van der Waals surface area contributed by atoms with E-state index in [0.29, 0.717) is 0 Å². The number of rotatable bonds is 5. The number of aromatic nitrogens is 2. The number of fused-ring (bicyclic) bond motifs is 1. The maximum atomic E-state index is 13.3. The molecule has 0 spiro atoms. The van der Waals surface area contributed by atoms with E-state index in [2.05, 4.69) is 10.3 Å². The van der Waals surface area contributed by atoms with Crippen LogP contribution in [-0.4, -0.2) is 15.5 Å². The summed E-state index contributed by atoms with van der Waals surface area (Å²) in [6.45, 7) is -0.173. The maximum absolute atomic E-state index is 13.3. The number of carbonyl (C=O) groups is 1. The Morgan fingerprint density at radius 2 is 1.96 bits per heavy atom. The summed E-state index contributed by atoms with van der Waals surface area (Å²) in [6, 6.07) is 17.0. The van der Waals surface area contributed by atoms with Crippen LogP contribution < -0.4 is 10.9 Å². The Balaban J connectivity index is 1.59. The van der Waals surface area contributed by atoms with Crippen LogP contribution in [0.25, 0.3) is 10.9 Å². The highest BCUT2D eigenvalue weighted by atomic mass is 32.1. The molecule has 1 unspecified atom stereocenters. The number of hydrogen-bond acceptors (Lipinski definition) is 4. The first-order valence-corrected chi connectivity index (χ1v) is 9.52. The minimum absolute atomic E-state index is 0.173. The van der Waals surface area contributed by atoms with Gasteiger partial charge in [-0.3, -0.25) is 14.2 Å². The largest absolute Gasteiger partial charge is 0.343 e. The fraction of sp³-hybridized carbons (Fsp3) is 0.0952. The first-order valence-electron chi connectivity index (χ1n) is 8.64. The summed E-state index contributed by atoms with van der Waals surface area (Å²) in [4.78, 5) is 30.3. The highest BCUT2D eigenvalue weighted by Crippen LogP contribution is 2.25. The molecule has 5 nitrogen and oxygen atoms in total. The number of nitrogens with one attached hydrogen (secondary N) is 1. The molecule has 2 aromatic heterocycles. The Kier molecular flexibility index (Phi) is 4.99. The third kappa shape index (κ3) is 3.70. The number of thiophene rings is 1. The number of hydrogen-bond donors (Lipinski definition) is 1. The molecule has 0 radical (unpaired) electrons. The molecule has 1 amide bonds. The van der Waals surface area contributed by atoms with E-state index in [1.807, 2.05) is 47.8 Å². The summed E-state index contributed by atoms with van der Waals surface area (Å²) in [5, 5.41) is 5.22. The summed E-state index contributed by atoms with van der Waals surface area (Å²) in [5.74, 6) is -0.774. The highest BCUT2D eigenvalue weighted by molar-refractivity contribution is 7.10. The fourth-order valence-electron chi connectivity index (χ4n) is 3.03. The summed E-state index contributed by atoms with van der Waals surface area (Å²) in [7, 11) is 0. The number of halogens is 1. The van der Waals surface area contributed by atoms with Gasteiger partial charge in [0.2, 0.25) is 5.91 Å². The van der Waals surface area contributed by atoms with Crippen LogP contribution in [-0.2, 0) is 11.3 Å². The van der Waals surface area contributed by atoms with Crippen LogP contribution in [0, 0.1) is 5.82 Å². The molecule has 0 aliphatic carbocycles. The van der Waals surface area contributed by atoms with Crippen LogP contribution in [0.4, 0.5) is 4.39 Å². The zero-order valence-corrected chi connectivity index (χ0v) is 15.5. The molecule has 1 N–H and O–H groups in total. The Labute approximate surface area is 164 Å². The topological polar surface area (TPSA) is 64.0 Å². The first-order chi connectivity index (χ1) is 13.6. The lowest BCUT2D eigenvalue weighted by molar-refractivity contribution is -0.122. The lowest BCUT2D eigenvalue weighted by atomic mass is 10.1. The van der Waals surface area contributed by atoms with E-state index >= 15 is 0 Å². The van der Waals surface area contributed by atoms with E-state index in [0.717, 1.165) is 10.4 Å². The van der Waals surface area contributed by atoms with Crippen molar-refractivity contribution in [1.82, 2.24) is 14.9 Å². The molecule has 4 aromatic rings. The molecular weight excluding hydrogens is 377 g/mol. The van der Waals surface area contributed by atoms with E-state index in [-0.39, 0.29) is 35.0 Å². The second kappa shape index (κ2) is 7.74. The molecule has 0 bridgehead atoms. The standard InChI is InChI=1S/C21H16FN3O2S/c22-15-8-9-16-17(11-15)23-13-25(21(16)27)12-19(26)24-20(18-7-4-10-28-18)14-5-2-1-3-6-14/h1-11,13,20H,12H2,(H,24,26). The molecular formula is C21H16FN3O2S. The van der Waals surface area contributed by atoms with Crippen molar-refractivity contribution in [2.45, 2.75) is 12.6 Å². The summed E-state index contributed by atoms with van der Waals surface area (Å²) in [5.41, 5.74) is 0.840. The van der Waals surface area contributed by atoms with Crippen LogP contribution in [0.5, 0.6) is 0 Å². The van der Waals surface area contributed by atoms with E-state index in [9.17, 15) is 14.0 Å². The van der Waals surface area contributed by atoms with Crippen LogP contribution in [0.15, 0.2) is 77.2 Å². The average Bonchev–Trinajstić information content (AvgIpc) is 3.23. The summed E-state index contributed by atoms with van der Waals surface area (Å²) < 4.78 is 14.5. The van der Waals surface area contributed by atoms with Gasteiger partial charge in [0.25, 0.3) is 5.56 Å². The van der Waals surface area contributed by atoms with Crippen molar-refractivity contribution in [3.8, 4) is 0 Å². The zero-order chi connectivity index (χ0) is 19.5. The lowest BCUT2D eigenvalue weighted by Crippen LogP contribution is -2.35. The van der Waals surface area contributed by atoms with Gasteiger partial charge in [-0.2, -0.15) is 0 Å². The predicted octanol–water partition coefficient (Wildman–Crippen LogP) is 3.50. The maximum Gasteiger partial charge on any atom is 0.261 e. The van der Waals surface area contributed by atoms with E-state index in [1.54, 1.807) is 11.3 Å². The number of benzene rings is 2. The van der Waals surface area contributed by atoms with Gasteiger partial charge in [-0.25, -0.2) is 9.37 Å². The monoisotopic (exact) mass is 393 g/mol. The van der Waals surface area contributed by atoms with Crippen molar-refractivity contribution in [2.24, 2.45) is 0 Å². The van der Waals surface area contributed by atoms with Crippen molar-refractivity contribution < 1.29 is 9.18 Å². The molecule has 2 aromatic carbocycles. The molecule has 1 atom stereocenters. The molecule has 2 heterocycles. The number of amides is 1. The van der Waals surface area contributed by atoms with Gasteiger partial charge in [0.1, 0.15) is 12.4 Å².